The van der Waals surface area contributed by atoms with Gasteiger partial charge >= 0.3 is 0 Å². The summed E-state index contributed by atoms with van der Waals surface area (Å²) < 4.78 is 0. The molecule has 0 unspecified atom stereocenters. The summed E-state index contributed by atoms with van der Waals surface area (Å²) in [6.45, 7) is 1.94. The first-order valence-electron chi connectivity index (χ1n) is 9.41. The van der Waals surface area contributed by atoms with Crippen LogP contribution in [0.15, 0.2) is 24.5 Å². The third kappa shape index (κ3) is 2.83. The molecule has 2 saturated carbocycles. The fourth-order valence-corrected chi connectivity index (χ4v) is 3.66. The Balaban J connectivity index is 1.22. The normalized spacial score (nSPS) is 20.9. The number of rotatable bonds is 5. The number of likely N-dealkylation sites (N-methyl/N-ethyl adjacent to an activating group) is 1. The van der Waals surface area contributed by atoms with Crippen molar-refractivity contribution in [1.29, 1.82) is 0 Å². The van der Waals surface area contributed by atoms with Crippen LogP contribution in [0.2, 0.25) is 0 Å². The van der Waals surface area contributed by atoms with E-state index in [1.54, 1.807) is 6.33 Å². The van der Waals surface area contributed by atoms with Crippen molar-refractivity contribution < 1.29 is 0 Å². The summed E-state index contributed by atoms with van der Waals surface area (Å²) >= 11 is 0. The summed E-state index contributed by atoms with van der Waals surface area (Å²) in [5.74, 6) is 3.34. The maximum absolute atomic E-state index is 4.49. The maximum Gasteiger partial charge on any atom is 0.151 e. The number of hydrogen-bond donors (Lipinski definition) is 0. The van der Waals surface area contributed by atoms with E-state index >= 15 is 0 Å². The highest BCUT2D eigenvalue weighted by molar-refractivity contribution is 5.48. The van der Waals surface area contributed by atoms with Gasteiger partial charge in [0, 0.05) is 43.7 Å². The van der Waals surface area contributed by atoms with Crippen molar-refractivity contribution in [3.63, 3.8) is 0 Å². The largest absolute Gasteiger partial charge is 0.353 e. The molecule has 3 aliphatic rings. The summed E-state index contributed by atoms with van der Waals surface area (Å²) in [6.07, 6.45) is 8.13. The molecule has 2 aromatic rings. The van der Waals surface area contributed by atoms with Crippen molar-refractivity contribution in [2.24, 2.45) is 0 Å². The lowest BCUT2D eigenvalue weighted by Crippen LogP contribution is -2.59. The molecule has 1 saturated heterocycles. The molecule has 25 heavy (non-hydrogen) atoms. The van der Waals surface area contributed by atoms with Crippen molar-refractivity contribution >= 4 is 11.6 Å². The molecule has 3 fully saturated rings. The third-order valence-electron chi connectivity index (χ3n) is 5.96. The van der Waals surface area contributed by atoms with Gasteiger partial charge in [0.25, 0.3) is 0 Å². The van der Waals surface area contributed by atoms with Crippen molar-refractivity contribution in [3.05, 3.63) is 35.9 Å². The van der Waals surface area contributed by atoms with E-state index in [4.69, 9.17) is 0 Å². The summed E-state index contributed by atoms with van der Waals surface area (Å²) in [5, 5.41) is 8.81. The van der Waals surface area contributed by atoms with E-state index in [1.807, 2.05) is 0 Å². The third-order valence-corrected chi connectivity index (χ3v) is 5.96. The van der Waals surface area contributed by atoms with Gasteiger partial charge in [0.05, 0.1) is 11.7 Å². The highest BCUT2D eigenvalue weighted by atomic mass is 15.4. The van der Waals surface area contributed by atoms with Crippen LogP contribution in [0.5, 0.6) is 0 Å². The molecule has 3 heterocycles. The molecule has 0 atom stereocenters. The Kier molecular flexibility index (Phi) is 3.57. The lowest BCUT2D eigenvalue weighted by Gasteiger charge is -2.45. The van der Waals surface area contributed by atoms with E-state index in [0.29, 0.717) is 17.9 Å². The molecule has 0 bridgehead atoms. The Hall–Kier alpha value is -2.24. The summed E-state index contributed by atoms with van der Waals surface area (Å²) in [7, 11) is 2.14. The van der Waals surface area contributed by atoms with Crippen LogP contribution < -0.4 is 9.80 Å². The number of nitrogens with zero attached hydrogens (tertiary/aromatic N) is 6. The Bertz CT molecular complexity index is 747. The number of anilines is 2. The second-order valence-corrected chi connectivity index (χ2v) is 7.69. The SMILES string of the molecule is CN(c1cc(C2CCC2)ncn1)C1CN(c2ccc(C3CC3)nn2)C1. The second kappa shape index (κ2) is 5.93. The van der Waals surface area contributed by atoms with Gasteiger partial charge in [-0.3, -0.25) is 0 Å². The van der Waals surface area contributed by atoms with Gasteiger partial charge in [-0.2, -0.15) is 5.10 Å². The summed E-state index contributed by atoms with van der Waals surface area (Å²) in [5.41, 5.74) is 2.36. The van der Waals surface area contributed by atoms with Crippen LogP contribution in [0.1, 0.15) is 55.3 Å². The first-order chi connectivity index (χ1) is 12.3. The highest BCUT2D eigenvalue weighted by Gasteiger charge is 2.33. The molecule has 0 spiro atoms. The van der Waals surface area contributed by atoms with E-state index in [1.165, 1.54) is 37.8 Å². The van der Waals surface area contributed by atoms with Gasteiger partial charge in [0.2, 0.25) is 0 Å². The van der Waals surface area contributed by atoms with Gasteiger partial charge in [-0.1, -0.05) is 6.42 Å². The van der Waals surface area contributed by atoms with Crippen LogP contribution in [0, 0.1) is 0 Å². The lowest BCUT2D eigenvalue weighted by molar-refractivity contribution is 0.410. The molecule has 6 nitrogen and oxygen atoms in total. The smallest absolute Gasteiger partial charge is 0.151 e. The quantitative estimate of drug-likeness (QED) is 0.837. The van der Waals surface area contributed by atoms with Crippen molar-refractivity contribution in [1.82, 2.24) is 20.2 Å². The molecule has 2 aromatic heterocycles. The minimum Gasteiger partial charge on any atom is -0.353 e. The first-order valence-corrected chi connectivity index (χ1v) is 9.41. The fourth-order valence-electron chi connectivity index (χ4n) is 3.66. The minimum absolute atomic E-state index is 0.467. The van der Waals surface area contributed by atoms with E-state index in [0.717, 1.165) is 30.4 Å². The molecular formula is C19H24N6. The molecule has 2 aliphatic carbocycles. The molecule has 1 aliphatic heterocycles. The molecule has 0 radical (unpaired) electrons. The van der Waals surface area contributed by atoms with Crippen LogP contribution in [0.25, 0.3) is 0 Å². The Morgan fingerprint density at radius 2 is 1.76 bits per heavy atom. The van der Waals surface area contributed by atoms with Crippen LogP contribution in [-0.2, 0) is 0 Å². The Labute approximate surface area is 148 Å². The topological polar surface area (TPSA) is 58.0 Å². The average Bonchev–Trinajstić information content (AvgIpc) is 3.38. The standard InChI is InChI=1S/C19H24N6/c1-24(19-9-17(20-12-21-19)13-3-2-4-13)15-10-25(11-15)18-8-7-16(22-23-18)14-5-6-14/h7-9,12-15H,2-6,10-11H2,1H3. The van der Waals surface area contributed by atoms with E-state index in [2.05, 4.69) is 55.2 Å². The molecule has 0 aromatic carbocycles. The maximum atomic E-state index is 4.49. The van der Waals surface area contributed by atoms with E-state index in [9.17, 15) is 0 Å². The van der Waals surface area contributed by atoms with Crippen molar-refractivity contribution in [2.45, 2.75) is 50.0 Å². The molecule has 130 valence electrons. The van der Waals surface area contributed by atoms with Crippen molar-refractivity contribution in [3.8, 4) is 0 Å². The number of aromatic nitrogens is 4. The molecular weight excluding hydrogens is 312 g/mol. The lowest BCUT2D eigenvalue weighted by atomic mass is 9.83. The van der Waals surface area contributed by atoms with Crippen LogP contribution in [0.4, 0.5) is 11.6 Å². The fraction of sp³-hybridized carbons (Fsp3) is 0.579. The Morgan fingerprint density at radius 3 is 2.40 bits per heavy atom. The predicted molar refractivity (Wildman–Crippen MR) is 97.0 cm³/mol. The van der Waals surface area contributed by atoms with Crippen LogP contribution in [-0.4, -0.2) is 46.3 Å². The Morgan fingerprint density at radius 1 is 0.960 bits per heavy atom. The second-order valence-electron chi connectivity index (χ2n) is 7.69. The monoisotopic (exact) mass is 336 g/mol. The van der Waals surface area contributed by atoms with Crippen molar-refractivity contribution in [2.75, 3.05) is 29.9 Å². The van der Waals surface area contributed by atoms with Crippen LogP contribution >= 0.6 is 0 Å². The number of hydrogen-bond acceptors (Lipinski definition) is 6. The molecule has 5 rings (SSSR count). The van der Waals surface area contributed by atoms with Gasteiger partial charge < -0.3 is 9.80 Å². The highest BCUT2D eigenvalue weighted by Crippen LogP contribution is 2.39. The zero-order valence-corrected chi connectivity index (χ0v) is 14.7. The zero-order chi connectivity index (χ0) is 16.8. The first kappa shape index (κ1) is 15.0. The molecule has 6 heteroatoms. The molecule has 0 amide bonds. The average molecular weight is 336 g/mol. The van der Waals surface area contributed by atoms with Gasteiger partial charge in [0.15, 0.2) is 5.82 Å². The van der Waals surface area contributed by atoms with E-state index in [-0.39, 0.29) is 0 Å². The zero-order valence-electron chi connectivity index (χ0n) is 14.7. The molecule has 0 N–H and O–H groups in total. The van der Waals surface area contributed by atoms with Gasteiger partial charge in [-0.15, -0.1) is 5.10 Å². The van der Waals surface area contributed by atoms with Gasteiger partial charge in [0.1, 0.15) is 12.1 Å². The van der Waals surface area contributed by atoms with E-state index < -0.39 is 0 Å². The van der Waals surface area contributed by atoms with Crippen LogP contribution in [0.3, 0.4) is 0 Å². The predicted octanol–water partition coefficient (Wildman–Crippen LogP) is 2.74. The van der Waals surface area contributed by atoms with Gasteiger partial charge in [-0.05, 0) is 37.8 Å². The van der Waals surface area contributed by atoms with Gasteiger partial charge in [-0.25, -0.2) is 9.97 Å². The summed E-state index contributed by atoms with van der Waals surface area (Å²) in [6, 6.07) is 6.91. The summed E-state index contributed by atoms with van der Waals surface area (Å²) in [4.78, 5) is 13.5. The minimum atomic E-state index is 0.467.